The second-order valence-corrected chi connectivity index (χ2v) is 10.6. The minimum Gasteiger partial charge on any atom is -0.282 e. The summed E-state index contributed by atoms with van der Waals surface area (Å²) in [5, 5.41) is 0. The second kappa shape index (κ2) is 7.01. The molecular weight excluding hydrogens is 388 g/mol. The Bertz CT molecular complexity index is 1080. The third-order valence-corrected chi connectivity index (χ3v) is 6.15. The molecule has 8 heteroatoms. The van der Waals surface area contributed by atoms with E-state index in [0.29, 0.717) is 11.1 Å². The summed E-state index contributed by atoms with van der Waals surface area (Å²) in [4.78, 5) is -0.806. The van der Waals surface area contributed by atoms with Crippen molar-refractivity contribution >= 4 is 20.2 Å². The van der Waals surface area contributed by atoms with E-state index in [9.17, 15) is 25.9 Å². The quantitative estimate of drug-likeness (QED) is 0.726. The smallest absolute Gasteiger partial charge is 0.282 e. The summed E-state index contributed by atoms with van der Waals surface area (Å²) in [6.07, 6.45) is 0. The number of benzene rings is 2. The fraction of sp³-hybridized carbons (Fsp3) is 0.368. The van der Waals surface area contributed by atoms with Crippen molar-refractivity contribution in [3.8, 4) is 11.1 Å². The van der Waals surface area contributed by atoms with Crippen LogP contribution in [0.15, 0.2) is 46.2 Å². The maximum atomic E-state index is 12.0. The van der Waals surface area contributed by atoms with Gasteiger partial charge in [-0.2, -0.15) is 16.8 Å². The molecule has 0 aliphatic carbocycles. The summed E-state index contributed by atoms with van der Waals surface area (Å²) < 4.78 is 67.2. The summed E-state index contributed by atoms with van der Waals surface area (Å²) >= 11 is 0. The molecule has 0 saturated carbocycles. The zero-order chi connectivity index (χ0) is 20.8. The largest absolute Gasteiger partial charge is 0.295 e. The Morgan fingerprint density at radius 1 is 0.778 bits per heavy atom. The summed E-state index contributed by atoms with van der Waals surface area (Å²) in [5.74, 6) is 0.00358. The summed E-state index contributed by atoms with van der Waals surface area (Å²) in [6, 6.07) is 8.88. The van der Waals surface area contributed by atoms with Crippen molar-refractivity contribution in [2.75, 3.05) is 0 Å². The maximum Gasteiger partial charge on any atom is 0.295 e. The fourth-order valence-electron chi connectivity index (χ4n) is 2.76. The van der Waals surface area contributed by atoms with Crippen LogP contribution in [0, 0.1) is 0 Å². The summed E-state index contributed by atoms with van der Waals surface area (Å²) in [7, 11) is -9.24. The first-order valence-electron chi connectivity index (χ1n) is 8.36. The van der Waals surface area contributed by atoms with E-state index in [1.165, 1.54) is 24.3 Å². The molecule has 0 aliphatic heterocycles. The summed E-state index contributed by atoms with van der Waals surface area (Å²) in [6.45, 7) is 9.39. The van der Waals surface area contributed by atoms with Crippen molar-refractivity contribution in [1.29, 1.82) is 0 Å². The van der Waals surface area contributed by atoms with E-state index in [0.717, 1.165) is 0 Å². The van der Waals surface area contributed by atoms with Crippen LogP contribution in [0.3, 0.4) is 0 Å². The van der Waals surface area contributed by atoms with E-state index < -0.39 is 30.0 Å². The molecule has 27 heavy (non-hydrogen) atoms. The first-order chi connectivity index (χ1) is 12.1. The Hall–Kier alpha value is -1.74. The highest BCUT2D eigenvalue weighted by Crippen LogP contribution is 2.36. The molecule has 0 aromatic heterocycles. The average molecular weight is 413 g/mol. The number of hydrogen-bond acceptors (Lipinski definition) is 4. The van der Waals surface area contributed by atoms with Crippen molar-refractivity contribution < 1.29 is 25.9 Å². The minimum atomic E-state index is -4.63. The van der Waals surface area contributed by atoms with Crippen LogP contribution in [-0.2, 0) is 25.7 Å². The Labute approximate surface area is 160 Å². The van der Waals surface area contributed by atoms with E-state index in [4.69, 9.17) is 0 Å². The molecule has 0 amide bonds. The van der Waals surface area contributed by atoms with Gasteiger partial charge in [0, 0.05) is 11.1 Å². The highest BCUT2D eigenvalue weighted by Gasteiger charge is 2.26. The molecule has 6 nitrogen and oxygen atoms in total. The van der Waals surface area contributed by atoms with E-state index in [2.05, 4.69) is 0 Å². The normalized spacial score (nSPS) is 13.2. The lowest BCUT2D eigenvalue weighted by molar-refractivity contribution is 0.479. The second-order valence-electron chi connectivity index (χ2n) is 7.82. The lowest BCUT2D eigenvalue weighted by Crippen LogP contribution is -2.13. The zero-order valence-electron chi connectivity index (χ0n) is 15.9. The molecule has 2 N–H and O–H groups in total. The molecule has 0 heterocycles. The molecular formula is C19H24O6S2. The first kappa shape index (κ1) is 21.6. The van der Waals surface area contributed by atoms with E-state index in [-0.39, 0.29) is 22.5 Å². The molecule has 0 saturated heterocycles. The van der Waals surface area contributed by atoms with E-state index in [1.807, 2.05) is 34.6 Å². The Kier molecular flexibility index (Phi) is 5.60. The SMILES string of the molecule is CC(C)c1ccc(-c2ccc(C(C)(C)C)cc2S(=O)(=O)O)c(S(=O)(=O)O)c1. The van der Waals surface area contributed by atoms with Gasteiger partial charge in [0.15, 0.2) is 0 Å². The molecule has 0 radical (unpaired) electrons. The van der Waals surface area contributed by atoms with Crippen molar-refractivity contribution in [2.45, 2.75) is 55.7 Å². The number of hydrogen-bond donors (Lipinski definition) is 2. The van der Waals surface area contributed by atoms with Gasteiger partial charge in [-0.25, -0.2) is 0 Å². The third-order valence-electron chi connectivity index (χ3n) is 4.37. The van der Waals surface area contributed by atoms with Crippen LogP contribution in [0.5, 0.6) is 0 Å². The molecule has 2 aromatic rings. The first-order valence-corrected chi connectivity index (χ1v) is 11.2. The van der Waals surface area contributed by atoms with Crippen LogP contribution >= 0.6 is 0 Å². The lowest BCUT2D eigenvalue weighted by Gasteiger charge is -2.21. The summed E-state index contributed by atoms with van der Waals surface area (Å²) in [5.41, 5.74) is 0.964. The molecule has 0 bridgehead atoms. The zero-order valence-corrected chi connectivity index (χ0v) is 17.5. The van der Waals surface area contributed by atoms with Crippen molar-refractivity contribution in [3.05, 3.63) is 47.5 Å². The molecule has 0 atom stereocenters. The maximum absolute atomic E-state index is 12.0. The number of rotatable bonds is 4. The van der Waals surface area contributed by atoms with E-state index >= 15 is 0 Å². The monoisotopic (exact) mass is 412 g/mol. The minimum absolute atomic E-state index is 0.00358. The van der Waals surface area contributed by atoms with Gasteiger partial charge in [0.05, 0.1) is 0 Å². The van der Waals surface area contributed by atoms with Gasteiger partial charge < -0.3 is 0 Å². The molecule has 0 spiro atoms. The van der Waals surface area contributed by atoms with Gasteiger partial charge in [0.1, 0.15) is 9.79 Å². The standard InChI is InChI=1S/C19H24O6S2/c1-12(2)13-6-8-15(17(10-13)26(20,21)22)16-9-7-14(19(3,4)5)11-18(16)27(23,24)25/h6-12H,1-5H3,(H,20,21,22)(H,23,24,25). The molecule has 2 aromatic carbocycles. The van der Waals surface area contributed by atoms with Crippen LogP contribution in [-0.4, -0.2) is 25.9 Å². The van der Waals surface area contributed by atoms with Crippen LogP contribution < -0.4 is 0 Å². The topological polar surface area (TPSA) is 109 Å². The van der Waals surface area contributed by atoms with Crippen LogP contribution in [0.2, 0.25) is 0 Å². The Morgan fingerprint density at radius 2 is 1.22 bits per heavy atom. The van der Waals surface area contributed by atoms with Gasteiger partial charge >= 0.3 is 0 Å². The van der Waals surface area contributed by atoms with Crippen LogP contribution in [0.4, 0.5) is 0 Å². The lowest BCUT2D eigenvalue weighted by atomic mass is 9.86. The Balaban J connectivity index is 2.90. The predicted molar refractivity (Wildman–Crippen MR) is 104 cm³/mol. The molecule has 0 fully saturated rings. The van der Waals surface area contributed by atoms with Crippen molar-refractivity contribution in [2.24, 2.45) is 0 Å². The van der Waals surface area contributed by atoms with Crippen LogP contribution in [0.25, 0.3) is 11.1 Å². The van der Waals surface area contributed by atoms with Gasteiger partial charge in [-0.05, 0) is 34.6 Å². The molecule has 0 aliphatic rings. The highest BCUT2D eigenvalue weighted by atomic mass is 32.2. The highest BCUT2D eigenvalue weighted by molar-refractivity contribution is 7.86. The van der Waals surface area contributed by atoms with Gasteiger partial charge in [-0.1, -0.05) is 58.9 Å². The van der Waals surface area contributed by atoms with Gasteiger partial charge in [0.2, 0.25) is 0 Å². The molecule has 148 valence electrons. The van der Waals surface area contributed by atoms with Crippen molar-refractivity contribution in [1.82, 2.24) is 0 Å². The third kappa shape index (κ3) is 4.76. The van der Waals surface area contributed by atoms with Gasteiger partial charge in [0.25, 0.3) is 20.2 Å². The van der Waals surface area contributed by atoms with Crippen LogP contribution in [0.1, 0.15) is 51.7 Å². The van der Waals surface area contributed by atoms with E-state index in [1.54, 1.807) is 12.1 Å². The Morgan fingerprint density at radius 3 is 1.63 bits per heavy atom. The van der Waals surface area contributed by atoms with Crippen molar-refractivity contribution in [3.63, 3.8) is 0 Å². The molecule has 0 unspecified atom stereocenters. The average Bonchev–Trinajstić information content (AvgIpc) is 2.51. The predicted octanol–water partition coefficient (Wildman–Crippen LogP) is 4.27. The fourth-order valence-corrected chi connectivity index (χ4v) is 4.23. The van der Waals surface area contributed by atoms with Gasteiger partial charge in [-0.15, -0.1) is 0 Å². The molecule has 2 rings (SSSR count). The van der Waals surface area contributed by atoms with Gasteiger partial charge in [-0.3, -0.25) is 9.11 Å².